The van der Waals surface area contributed by atoms with E-state index in [1.54, 1.807) is 36.4 Å². The van der Waals surface area contributed by atoms with Gasteiger partial charge >= 0.3 is 12.4 Å². The van der Waals surface area contributed by atoms with Crippen molar-refractivity contribution in [2.75, 3.05) is 6.54 Å². The van der Waals surface area contributed by atoms with Crippen LogP contribution in [-0.2, 0) is 6.18 Å². The molecule has 176 valence electrons. The molecule has 3 rings (SSSR count). The maximum Gasteiger partial charge on any atom is 0.416 e. The highest BCUT2D eigenvalue weighted by atomic mass is 19.4. The van der Waals surface area contributed by atoms with Gasteiger partial charge in [-0.05, 0) is 42.0 Å². The van der Waals surface area contributed by atoms with Crippen LogP contribution in [0.5, 0.6) is 11.5 Å². The summed E-state index contributed by atoms with van der Waals surface area (Å²) in [4.78, 5) is 0. The third-order valence-electron chi connectivity index (χ3n) is 4.70. The van der Waals surface area contributed by atoms with Crippen molar-refractivity contribution in [3.63, 3.8) is 0 Å². The maximum absolute atomic E-state index is 14.7. The van der Waals surface area contributed by atoms with Crippen LogP contribution in [0.2, 0.25) is 0 Å². The Bertz CT molecular complexity index is 1070. The number of hydrogen-bond acceptors (Lipinski definition) is 3. The summed E-state index contributed by atoms with van der Waals surface area (Å²) in [5.74, 6) is -0.528. The molecule has 1 unspecified atom stereocenters. The van der Waals surface area contributed by atoms with Crippen molar-refractivity contribution < 1.29 is 40.6 Å². The number of halogens is 7. The van der Waals surface area contributed by atoms with Crippen molar-refractivity contribution in [3.05, 3.63) is 95.3 Å². The molecule has 3 nitrogen and oxygen atoms in total. The lowest BCUT2D eigenvalue weighted by molar-refractivity contribution is -0.202. The van der Waals surface area contributed by atoms with Crippen molar-refractivity contribution >= 4 is 0 Å². The van der Waals surface area contributed by atoms with Crippen molar-refractivity contribution in [3.8, 4) is 11.5 Å². The standard InChI is InChI=1S/C23H18F7NO2/c24-19-12-15(22(25,26)27)9-10-18(19)21(31-13-20(32)23(28,29)30)14-5-4-8-17(11-14)33-16-6-2-1-3-7-16/h1-12,20-21,31-32H,13H2/t20-,21?/m1/s1. The highest BCUT2D eigenvalue weighted by Crippen LogP contribution is 2.34. The van der Waals surface area contributed by atoms with E-state index in [4.69, 9.17) is 4.74 Å². The Morgan fingerprint density at radius 2 is 1.48 bits per heavy atom. The molecule has 0 amide bonds. The van der Waals surface area contributed by atoms with Gasteiger partial charge in [0.25, 0.3) is 0 Å². The molecule has 0 heterocycles. The van der Waals surface area contributed by atoms with Gasteiger partial charge in [0.05, 0.1) is 11.6 Å². The Kier molecular flexibility index (Phi) is 7.28. The molecule has 0 radical (unpaired) electrons. The fraction of sp³-hybridized carbons (Fsp3) is 0.217. The van der Waals surface area contributed by atoms with Gasteiger partial charge in [0.1, 0.15) is 17.3 Å². The Labute approximate surface area is 184 Å². The van der Waals surface area contributed by atoms with E-state index in [2.05, 4.69) is 5.32 Å². The molecule has 2 N–H and O–H groups in total. The summed E-state index contributed by atoms with van der Waals surface area (Å²) in [6.45, 7) is -1.02. The van der Waals surface area contributed by atoms with Crippen LogP contribution in [0.15, 0.2) is 72.8 Å². The summed E-state index contributed by atoms with van der Waals surface area (Å²) in [7, 11) is 0. The molecule has 0 aliphatic heterocycles. The fourth-order valence-electron chi connectivity index (χ4n) is 3.07. The summed E-state index contributed by atoms with van der Waals surface area (Å²) in [6.07, 6.45) is -12.5. The molecule has 2 atom stereocenters. The number of aliphatic hydroxyl groups excluding tert-OH is 1. The van der Waals surface area contributed by atoms with Crippen molar-refractivity contribution in [2.45, 2.75) is 24.5 Å². The van der Waals surface area contributed by atoms with Gasteiger partial charge in [0.2, 0.25) is 0 Å². The van der Waals surface area contributed by atoms with Crippen LogP contribution >= 0.6 is 0 Å². The minimum absolute atomic E-state index is 0.219. The highest BCUT2D eigenvalue weighted by molar-refractivity contribution is 5.40. The summed E-state index contributed by atoms with van der Waals surface area (Å²) in [5, 5.41) is 11.7. The average molecular weight is 473 g/mol. The van der Waals surface area contributed by atoms with Crippen LogP contribution in [0.4, 0.5) is 30.7 Å². The first-order chi connectivity index (χ1) is 15.4. The predicted octanol–water partition coefficient (Wildman–Crippen LogP) is 6.24. The van der Waals surface area contributed by atoms with Gasteiger partial charge in [-0.3, -0.25) is 0 Å². The third-order valence-corrected chi connectivity index (χ3v) is 4.70. The zero-order valence-electron chi connectivity index (χ0n) is 16.8. The SMILES string of the molecule is O[C@H](CNC(c1cccc(Oc2ccccc2)c1)c1ccc(C(F)(F)F)cc1F)C(F)(F)F. The van der Waals surface area contributed by atoms with Gasteiger partial charge in [0.15, 0.2) is 6.10 Å². The predicted molar refractivity (Wildman–Crippen MR) is 106 cm³/mol. The number of benzene rings is 3. The fourth-order valence-corrected chi connectivity index (χ4v) is 3.07. The first-order valence-corrected chi connectivity index (χ1v) is 9.63. The lowest BCUT2D eigenvalue weighted by atomic mass is 9.96. The van der Waals surface area contributed by atoms with Gasteiger partial charge in [-0.15, -0.1) is 0 Å². The average Bonchev–Trinajstić information content (AvgIpc) is 2.74. The Balaban J connectivity index is 1.96. The van der Waals surface area contributed by atoms with E-state index in [9.17, 15) is 35.8 Å². The van der Waals surface area contributed by atoms with E-state index < -0.39 is 42.4 Å². The second kappa shape index (κ2) is 9.80. The van der Waals surface area contributed by atoms with E-state index in [1.165, 1.54) is 18.2 Å². The van der Waals surface area contributed by atoms with E-state index in [-0.39, 0.29) is 22.9 Å². The molecule has 0 saturated carbocycles. The molecule has 0 spiro atoms. The smallest absolute Gasteiger partial charge is 0.416 e. The van der Waals surface area contributed by atoms with Crippen LogP contribution in [0, 0.1) is 5.82 Å². The molecule has 0 aromatic heterocycles. The van der Waals surface area contributed by atoms with Crippen molar-refractivity contribution in [2.24, 2.45) is 0 Å². The summed E-state index contributed by atoms with van der Waals surface area (Å²) < 4.78 is 97.4. The van der Waals surface area contributed by atoms with E-state index in [0.717, 1.165) is 6.07 Å². The third kappa shape index (κ3) is 6.45. The van der Waals surface area contributed by atoms with Gasteiger partial charge < -0.3 is 15.2 Å². The normalized spacial score (nSPS) is 14.1. The number of alkyl halides is 6. The molecular weight excluding hydrogens is 455 g/mol. The largest absolute Gasteiger partial charge is 0.457 e. The van der Waals surface area contributed by atoms with Gasteiger partial charge in [-0.2, -0.15) is 26.3 Å². The molecule has 0 aliphatic carbocycles. The number of rotatable bonds is 7. The van der Waals surface area contributed by atoms with Crippen molar-refractivity contribution in [1.29, 1.82) is 0 Å². The van der Waals surface area contributed by atoms with Crippen LogP contribution < -0.4 is 10.1 Å². The van der Waals surface area contributed by atoms with E-state index in [0.29, 0.717) is 11.8 Å². The quantitative estimate of drug-likeness (QED) is 0.400. The number of para-hydroxylation sites is 1. The van der Waals surface area contributed by atoms with Crippen LogP contribution in [0.25, 0.3) is 0 Å². The summed E-state index contributed by atoms with van der Waals surface area (Å²) in [5.41, 5.74) is -1.34. The van der Waals surface area contributed by atoms with Crippen LogP contribution in [0.1, 0.15) is 22.7 Å². The van der Waals surface area contributed by atoms with Crippen LogP contribution in [-0.4, -0.2) is 23.9 Å². The van der Waals surface area contributed by atoms with Gasteiger partial charge in [-0.25, -0.2) is 4.39 Å². The van der Waals surface area contributed by atoms with Gasteiger partial charge in [-0.1, -0.05) is 36.4 Å². The Hall–Kier alpha value is -3.11. The molecule has 0 bridgehead atoms. The van der Waals surface area contributed by atoms with Gasteiger partial charge in [0, 0.05) is 12.1 Å². The number of ether oxygens (including phenoxy) is 1. The number of hydrogen-bond donors (Lipinski definition) is 2. The molecule has 33 heavy (non-hydrogen) atoms. The van der Waals surface area contributed by atoms with E-state index >= 15 is 0 Å². The molecule has 0 fully saturated rings. The Morgan fingerprint density at radius 3 is 2.09 bits per heavy atom. The zero-order chi connectivity index (χ0) is 24.2. The first kappa shape index (κ1) is 24.5. The molecule has 3 aromatic carbocycles. The van der Waals surface area contributed by atoms with Crippen LogP contribution in [0.3, 0.4) is 0 Å². The molecule has 0 saturated heterocycles. The second-order valence-corrected chi connectivity index (χ2v) is 7.12. The Morgan fingerprint density at radius 1 is 0.818 bits per heavy atom. The lowest BCUT2D eigenvalue weighted by Gasteiger charge is -2.24. The minimum Gasteiger partial charge on any atom is -0.457 e. The molecule has 0 aliphatic rings. The first-order valence-electron chi connectivity index (χ1n) is 9.63. The lowest BCUT2D eigenvalue weighted by Crippen LogP contribution is -2.40. The summed E-state index contributed by atoms with van der Waals surface area (Å²) >= 11 is 0. The molecular formula is C23H18F7NO2. The van der Waals surface area contributed by atoms with Crippen molar-refractivity contribution in [1.82, 2.24) is 5.32 Å². The second-order valence-electron chi connectivity index (χ2n) is 7.12. The highest BCUT2D eigenvalue weighted by Gasteiger charge is 2.38. The monoisotopic (exact) mass is 473 g/mol. The minimum atomic E-state index is -4.94. The number of aliphatic hydroxyl groups is 1. The molecule has 10 heteroatoms. The molecule has 3 aromatic rings. The maximum atomic E-state index is 14.7. The summed E-state index contributed by atoms with van der Waals surface area (Å²) in [6, 6.07) is 14.9. The zero-order valence-corrected chi connectivity index (χ0v) is 16.8. The van der Waals surface area contributed by atoms with E-state index in [1.807, 2.05) is 0 Å². The topological polar surface area (TPSA) is 41.5 Å². The number of nitrogens with one attached hydrogen (secondary N) is 1.